The molecule has 0 spiro atoms. The quantitative estimate of drug-likeness (QED) is 0.920. The number of pyridine rings is 1. The number of aromatic nitrogens is 2. The first-order valence-electron chi connectivity index (χ1n) is 7.66. The highest BCUT2D eigenvalue weighted by atomic mass is 32.1. The zero-order valence-corrected chi connectivity index (χ0v) is 13.4. The molecule has 0 aliphatic heterocycles. The van der Waals surface area contributed by atoms with Crippen molar-refractivity contribution in [1.82, 2.24) is 9.97 Å². The molecule has 4 nitrogen and oxygen atoms in total. The molecule has 3 rings (SSSR count). The molecule has 0 aromatic carbocycles. The molecule has 0 atom stereocenters. The molecule has 112 valence electrons. The van der Waals surface area contributed by atoms with E-state index in [0.29, 0.717) is 11.6 Å². The summed E-state index contributed by atoms with van der Waals surface area (Å²) in [6.07, 6.45) is 6.84. The maximum absolute atomic E-state index is 12.0. The summed E-state index contributed by atoms with van der Waals surface area (Å²) in [5.41, 5.74) is 2.87. The number of anilines is 1. The Hall–Kier alpha value is -1.49. The lowest BCUT2D eigenvalue weighted by Crippen LogP contribution is -2.12. The molecule has 21 heavy (non-hydrogen) atoms. The summed E-state index contributed by atoms with van der Waals surface area (Å²) in [6, 6.07) is 2.05. The van der Waals surface area contributed by atoms with Crippen molar-refractivity contribution in [1.29, 1.82) is 0 Å². The van der Waals surface area contributed by atoms with Gasteiger partial charge in [0.15, 0.2) is 10.8 Å². The Morgan fingerprint density at radius 1 is 1.33 bits per heavy atom. The molecule has 0 unspecified atom stereocenters. The van der Waals surface area contributed by atoms with Gasteiger partial charge in [-0.1, -0.05) is 37.0 Å². The molecule has 0 bridgehead atoms. The monoisotopic (exact) mass is 303 g/mol. The summed E-state index contributed by atoms with van der Waals surface area (Å²) in [4.78, 5) is 20.9. The van der Waals surface area contributed by atoms with Crippen LogP contribution < -0.4 is 5.32 Å². The Bertz CT molecular complexity index is 659. The number of carbonyl (C=O) groups excluding carboxylic acids is 1. The number of hydrogen-bond acceptors (Lipinski definition) is 4. The summed E-state index contributed by atoms with van der Waals surface area (Å²) < 4.78 is 1.06. The number of fused-ring (bicyclic) bond motifs is 1. The van der Waals surface area contributed by atoms with E-state index in [4.69, 9.17) is 0 Å². The van der Waals surface area contributed by atoms with E-state index in [1.807, 2.05) is 13.0 Å². The molecule has 1 amide bonds. The van der Waals surface area contributed by atoms with Crippen molar-refractivity contribution in [3.63, 3.8) is 0 Å². The molecule has 2 heterocycles. The van der Waals surface area contributed by atoms with Gasteiger partial charge in [-0.2, -0.15) is 4.98 Å². The van der Waals surface area contributed by atoms with Gasteiger partial charge in [0.2, 0.25) is 5.91 Å². The first kappa shape index (κ1) is 14.4. The Morgan fingerprint density at radius 3 is 2.86 bits per heavy atom. The van der Waals surface area contributed by atoms with Crippen molar-refractivity contribution >= 4 is 32.7 Å². The summed E-state index contributed by atoms with van der Waals surface area (Å²) in [6.45, 7) is 4.02. The van der Waals surface area contributed by atoms with Crippen LogP contribution in [0.3, 0.4) is 0 Å². The topological polar surface area (TPSA) is 54.9 Å². The fraction of sp³-hybridized carbons (Fsp3) is 0.562. The number of carbonyl (C=O) groups is 1. The molecule has 0 radical (unpaired) electrons. The van der Waals surface area contributed by atoms with Gasteiger partial charge in [-0.3, -0.25) is 4.79 Å². The third-order valence-electron chi connectivity index (χ3n) is 4.18. The third kappa shape index (κ3) is 3.40. The average Bonchev–Trinajstić information content (AvgIpc) is 3.05. The van der Waals surface area contributed by atoms with Crippen LogP contribution >= 0.6 is 11.3 Å². The van der Waals surface area contributed by atoms with E-state index in [2.05, 4.69) is 22.2 Å². The Morgan fingerprint density at radius 2 is 2.10 bits per heavy atom. The molecule has 2 aromatic heterocycles. The standard InChI is InChI=1S/C16H21N3OS/c1-10-9-11(2)17-15-14(10)21-16(19-15)18-13(20)8-7-12-5-3-4-6-12/h9,12H,3-8H2,1-2H3,(H,17,18,19,20). The van der Waals surface area contributed by atoms with Crippen LogP contribution in [0, 0.1) is 19.8 Å². The fourth-order valence-corrected chi connectivity index (χ4v) is 3.99. The molecule has 1 saturated carbocycles. The lowest BCUT2D eigenvalue weighted by Gasteiger charge is -2.07. The Kier molecular flexibility index (Phi) is 4.19. The van der Waals surface area contributed by atoms with Crippen LogP contribution in [0.5, 0.6) is 0 Å². The van der Waals surface area contributed by atoms with E-state index in [9.17, 15) is 4.79 Å². The van der Waals surface area contributed by atoms with Crippen molar-refractivity contribution in [2.24, 2.45) is 5.92 Å². The number of nitrogens with zero attached hydrogens (tertiary/aromatic N) is 2. The maximum Gasteiger partial charge on any atom is 0.226 e. The molecular weight excluding hydrogens is 282 g/mol. The highest BCUT2D eigenvalue weighted by molar-refractivity contribution is 7.22. The Labute approximate surface area is 129 Å². The van der Waals surface area contributed by atoms with Crippen LogP contribution in [0.4, 0.5) is 5.13 Å². The second kappa shape index (κ2) is 6.10. The fourth-order valence-electron chi connectivity index (χ4n) is 3.09. The van der Waals surface area contributed by atoms with Crippen molar-refractivity contribution in [2.45, 2.75) is 52.4 Å². The van der Waals surface area contributed by atoms with Crippen LogP contribution in [0.15, 0.2) is 6.07 Å². The second-order valence-electron chi connectivity index (χ2n) is 5.99. The van der Waals surface area contributed by atoms with Crippen molar-refractivity contribution < 1.29 is 4.79 Å². The number of amides is 1. The zero-order valence-electron chi connectivity index (χ0n) is 12.6. The third-order valence-corrected chi connectivity index (χ3v) is 5.27. The summed E-state index contributed by atoms with van der Waals surface area (Å²) in [5, 5.41) is 3.60. The zero-order chi connectivity index (χ0) is 14.8. The van der Waals surface area contributed by atoms with Crippen molar-refractivity contribution in [3.05, 3.63) is 17.3 Å². The van der Waals surface area contributed by atoms with Gasteiger partial charge in [-0.25, -0.2) is 4.98 Å². The number of rotatable bonds is 4. The first-order chi connectivity index (χ1) is 10.1. The first-order valence-corrected chi connectivity index (χ1v) is 8.48. The number of thiazole rings is 1. The number of nitrogens with one attached hydrogen (secondary N) is 1. The van der Waals surface area contributed by atoms with E-state index in [1.165, 1.54) is 42.6 Å². The van der Waals surface area contributed by atoms with Gasteiger partial charge in [0, 0.05) is 12.1 Å². The minimum atomic E-state index is 0.0790. The van der Waals surface area contributed by atoms with Crippen LogP contribution in [0.1, 0.15) is 49.8 Å². The van der Waals surface area contributed by atoms with Crippen LogP contribution in [-0.4, -0.2) is 15.9 Å². The largest absolute Gasteiger partial charge is 0.302 e. The van der Waals surface area contributed by atoms with Crippen molar-refractivity contribution in [2.75, 3.05) is 5.32 Å². The van der Waals surface area contributed by atoms with Gasteiger partial charge in [0.05, 0.1) is 4.70 Å². The van der Waals surface area contributed by atoms with E-state index in [0.717, 1.165) is 28.4 Å². The van der Waals surface area contributed by atoms with Crippen LogP contribution in [-0.2, 0) is 4.79 Å². The molecule has 2 aromatic rings. The van der Waals surface area contributed by atoms with Gasteiger partial charge in [-0.15, -0.1) is 0 Å². The van der Waals surface area contributed by atoms with Crippen LogP contribution in [0.2, 0.25) is 0 Å². The highest BCUT2D eigenvalue weighted by Gasteiger charge is 2.17. The van der Waals surface area contributed by atoms with E-state index in [-0.39, 0.29) is 5.91 Å². The maximum atomic E-state index is 12.0. The van der Waals surface area contributed by atoms with Crippen molar-refractivity contribution in [3.8, 4) is 0 Å². The second-order valence-corrected chi connectivity index (χ2v) is 6.99. The van der Waals surface area contributed by atoms with Crippen LogP contribution in [0.25, 0.3) is 10.3 Å². The molecular formula is C16H21N3OS. The van der Waals surface area contributed by atoms with E-state index < -0.39 is 0 Å². The predicted octanol–water partition coefficient (Wildman–Crippen LogP) is 4.22. The van der Waals surface area contributed by atoms with Gasteiger partial charge in [-0.05, 0) is 37.8 Å². The van der Waals surface area contributed by atoms with Gasteiger partial charge in [0.1, 0.15) is 0 Å². The lowest BCUT2D eigenvalue weighted by molar-refractivity contribution is -0.116. The van der Waals surface area contributed by atoms with Gasteiger partial charge >= 0.3 is 0 Å². The summed E-state index contributed by atoms with van der Waals surface area (Å²) in [7, 11) is 0. The Balaban J connectivity index is 1.64. The molecule has 0 saturated heterocycles. The summed E-state index contributed by atoms with van der Waals surface area (Å²) in [5.74, 6) is 0.827. The minimum absolute atomic E-state index is 0.0790. The summed E-state index contributed by atoms with van der Waals surface area (Å²) >= 11 is 1.51. The molecule has 5 heteroatoms. The smallest absolute Gasteiger partial charge is 0.226 e. The van der Waals surface area contributed by atoms with E-state index >= 15 is 0 Å². The van der Waals surface area contributed by atoms with Gasteiger partial charge in [0.25, 0.3) is 0 Å². The normalized spacial score (nSPS) is 15.7. The van der Waals surface area contributed by atoms with E-state index in [1.54, 1.807) is 0 Å². The lowest BCUT2D eigenvalue weighted by atomic mass is 10.0. The molecule has 1 fully saturated rings. The average molecular weight is 303 g/mol. The number of aryl methyl sites for hydroxylation is 2. The number of hydrogen-bond donors (Lipinski definition) is 1. The molecule has 1 aliphatic carbocycles. The molecule has 1 N–H and O–H groups in total. The SMILES string of the molecule is Cc1cc(C)c2sc(NC(=O)CCC3CCCC3)nc2n1. The molecule has 1 aliphatic rings. The minimum Gasteiger partial charge on any atom is -0.302 e. The van der Waals surface area contributed by atoms with Gasteiger partial charge < -0.3 is 5.32 Å². The highest BCUT2D eigenvalue weighted by Crippen LogP contribution is 2.30. The predicted molar refractivity (Wildman–Crippen MR) is 86.7 cm³/mol.